The van der Waals surface area contributed by atoms with Gasteiger partial charge in [0.2, 0.25) is 0 Å². The molecule has 0 aliphatic rings. The minimum absolute atomic E-state index is 0.109. The minimum Gasteiger partial charge on any atom is -0.392 e. The van der Waals surface area contributed by atoms with Gasteiger partial charge < -0.3 is 5.11 Å². The van der Waals surface area contributed by atoms with Crippen molar-refractivity contribution in [2.45, 2.75) is 17.3 Å². The number of benzene rings is 2. The number of rotatable bonds is 4. The van der Waals surface area contributed by atoms with Gasteiger partial charge in [-0.1, -0.05) is 24.3 Å². The van der Waals surface area contributed by atoms with Crippen LogP contribution in [0.25, 0.3) is 0 Å². The Hall–Kier alpha value is -0.520. The largest absolute Gasteiger partial charge is 0.392 e. The van der Waals surface area contributed by atoms with Crippen molar-refractivity contribution in [3.05, 3.63) is 63.2 Å². The van der Waals surface area contributed by atoms with E-state index in [2.05, 4.69) is 52.9 Å². The van der Waals surface area contributed by atoms with Gasteiger partial charge in [0.15, 0.2) is 0 Å². The summed E-state index contributed by atoms with van der Waals surface area (Å²) < 4.78 is 1.26. The van der Waals surface area contributed by atoms with Crippen LogP contribution in [0.3, 0.4) is 0 Å². The van der Waals surface area contributed by atoms with E-state index >= 15 is 0 Å². The Bertz CT molecular complexity index is 482. The molecular weight excluding hydrogens is 343 g/mol. The summed E-state index contributed by atoms with van der Waals surface area (Å²) in [6, 6.07) is 16.6. The monoisotopic (exact) mass is 356 g/mol. The lowest BCUT2D eigenvalue weighted by molar-refractivity contribution is 0.281. The number of aliphatic hydroxyl groups excluding tert-OH is 1. The van der Waals surface area contributed by atoms with Crippen LogP contribution >= 0.6 is 34.4 Å². The predicted octanol–water partition coefficient (Wildman–Crippen LogP) is 4.08. The van der Waals surface area contributed by atoms with Crippen molar-refractivity contribution in [1.82, 2.24) is 0 Å². The maximum absolute atomic E-state index is 9.07. The van der Waals surface area contributed by atoms with Crippen LogP contribution < -0.4 is 0 Å². The topological polar surface area (TPSA) is 20.2 Å². The summed E-state index contributed by atoms with van der Waals surface area (Å²) in [5.74, 6) is 0.964. The van der Waals surface area contributed by atoms with E-state index in [0.717, 1.165) is 11.3 Å². The highest BCUT2D eigenvalue weighted by Crippen LogP contribution is 2.23. The van der Waals surface area contributed by atoms with Crippen LogP contribution in [0.1, 0.15) is 11.1 Å². The predicted molar refractivity (Wildman–Crippen MR) is 81.1 cm³/mol. The van der Waals surface area contributed by atoms with Crippen LogP contribution in [-0.4, -0.2) is 5.11 Å². The molecule has 0 spiro atoms. The summed E-state index contributed by atoms with van der Waals surface area (Å²) in [5, 5.41) is 9.07. The molecule has 0 saturated heterocycles. The highest BCUT2D eigenvalue weighted by atomic mass is 127. The molecule has 3 heteroatoms. The van der Waals surface area contributed by atoms with Crippen molar-refractivity contribution in [3.8, 4) is 0 Å². The third-order valence-corrected chi connectivity index (χ3v) is 4.18. The first-order valence-electron chi connectivity index (χ1n) is 5.35. The Morgan fingerprint density at radius 1 is 1.00 bits per heavy atom. The molecule has 0 amide bonds. The first kappa shape index (κ1) is 12.9. The molecule has 0 radical (unpaired) electrons. The Morgan fingerprint density at radius 3 is 2.47 bits per heavy atom. The van der Waals surface area contributed by atoms with Gasteiger partial charge in [0, 0.05) is 14.2 Å². The minimum atomic E-state index is 0.109. The van der Waals surface area contributed by atoms with E-state index in [9.17, 15) is 0 Å². The Morgan fingerprint density at radius 2 is 1.76 bits per heavy atom. The molecule has 2 aromatic rings. The zero-order chi connectivity index (χ0) is 12.1. The van der Waals surface area contributed by atoms with Gasteiger partial charge in [-0.25, -0.2) is 0 Å². The van der Waals surface area contributed by atoms with Crippen LogP contribution in [0.15, 0.2) is 53.4 Å². The summed E-state index contributed by atoms with van der Waals surface area (Å²) in [6.45, 7) is 0.109. The van der Waals surface area contributed by atoms with E-state index in [1.807, 2.05) is 18.2 Å². The highest BCUT2D eigenvalue weighted by Gasteiger charge is 1.98. The van der Waals surface area contributed by atoms with E-state index in [1.54, 1.807) is 11.8 Å². The SMILES string of the molecule is OCc1cccc(SCc2ccc(I)cc2)c1. The molecular formula is C14H13IOS. The molecule has 1 nitrogen and oxygen atoms in total. The van der Waals surface area contributed by atoms with Crippen molar-refractivity contribution in [1.29, 1.82) is 0 Å². The molecule has 0 aliphatic heterocycles. The van der Waals surface area contributed by atoms with Gasteiger partial charge in [0.05, 0.1) is 6.61 Å². The molecule has 0 saturated carbocycles. The molecule has 2 rings (SSSR count). The second kappa shape index (κ2) is 6.42. The fourth-order valence-electron chi connectivity index (χ4n) is 1.48. The fraction of sp³-hybridized carbons (Fsp3) is 0.143. The van der Waals surface area contributed by atoms with Gasteiger partial charge in [0.1, 0.15) is 0 Å². The van der Waals surface area contributed by atoms with Crippen LogP contribution in [0.2, 0.25) is 0 Å². The summed E-state index contributed by atoms with van der Waals surface area (Å²) in [7, 11) is 0. The van der Waals surface area contributed by atoms with E-state index in [0.29, 0.717) is 0 Å². The quantitative estimate of drug-likeness (QED) is 0.658. The van der Waals surface area contributed by atoms with Gasteiger partial charge >= 0.3 is 0 Å². The molecule has 1 N–H and O–H groups in total. The average molecular weight is 356 g/mol. The standard InChI is InChI=1S/C14H13IOS/c15-13-6-4-11(5-7-13)10-17-14-3-1-2-12(8-14)9-16/h1-8,16H,9-10H2. The molecule has 17 heavy (non-hydrogen) atoms. The second-order valence-corrected chi connectivity index (χ2v) is 6.02. The summed E-state index contributed by atoms with van der Waals surface area (Å²) in [4.78, 5) is 1.20. The van der Waals surface area contributed by atoms with Crippen LogP contribution in [0, 0.1) is 3.57 Å². The highest BCUT2D eigenvalue weighted by molar-refractivity contribution is 14.1. The van der Waals surface area contributed by atoms with Crippen molar-refractivity contribution >= 4 is 34.4 Å². The molecule has 0 unspecified atom stereocenters. The first-order chi connectivity index (χ1) is 8.28. The normalized spacial score (nSPS) is 10.5. The lowest BCUT2D eigenvalue weighted by Gasteiger charge is -2.04. The van der Waals surface area contributed by atoms with Gasteiger partial charge in [-0.15, -0.1) is 11.8 Å². The Balaban J connectivity index is 1.99. The fourth-order valence-corrected chi connectivity index (χ4v) is 2.78. The van der Waals surface area contributed by atoms with Gasteiger partial charge in [-0.05, 0) is 58.0 Å². The molecule has 2 aromatic carbocycles. The van der Waals surface area contributed by atoms with Crippen molar-refractivity contribution in [2.75, 3.05) is 0 Å². The molecule has 0 bridgehead atoms. The summed E-state index contributed by atoms with van der Waals surface area (Å²) >= 11 is 4.11. The average Bonchev–Trinajstić information content (AvgIpc) is 2.38. The van der Waals surface area contributed by atoms with Gasteiger partial charge in [0.25, 0.3) is 0 Å². The molecule has 0 aliphatic carbocycles. The zero-order valence-corrected chi connectivity index (χ0v) is 12.2. The molecule has 0 fully saturated rings. The van der Waals surface area contributed by atoms with Crippen LogP contribution in [0.5, 0.6) is 0 Å². The zero-order valence-electron chi connectivity index (χ0n) is 9.27. The van der Waals surface area contributed by atoms with E-state index in [1.165, 1.54) is 14.0 Å². The third-order valence-electron chi connectivity index (χ3n) is 2.40. The van der Waals surface area contributed by atoms with Gasteiger partial charge in [-0.3, -0.25) is 0 Å². The number of hydrogen-bond donors (Lipinski definition) is 1. The lowest BCUT2D eigenvalue weighted by atomic mass is 10.2. The van der Waals surface area contributed by atoms with Crippen LogP contribution in [0.4, 0.5) is 0 Å². The Kier molecular flexibility index (Phi) is 4.88. The molecule has 0 heterocycles. The number of halogens is 1. The maximum Gasteiger partial charge on any atom is 0.0682 e. The first-order valence-corrected chi connectivity index (χ1v) is 7.41. The smallest absolute Gasteiger partial charge is 0.0682 e. The van der Waals surface area contributed by atoms with Crippen molar-refractivity contribution in [3.63, 3.8) is 0 Å². The van der Waals surface area contributed by atoms with Crippen LogP contribution in [-0.2, 0) is 12.4 Å². The molecule has 0 atom stereocenters. The number of hydrogen-bond acceptors (Lipinski definition) is 2. The van der Waals surface area contributed by atoms with Gasteiger partial charge in [-0.2, -0.15) is 0 Å². The van der Waals surface area contributed by atoms with E-state index < -0.39 is 0 Å². The number of thioether (sulfide) groups is 1. The molecule has 0 aromatic heterocycles. The van der Waals surface area contributed by atoms with Crippen molar-refractivity contribution < 1.29 is 5.11 Å². The second-order valence-electron chi connectivity index (χ2n) is 3.72. The molecule has 88 valence electrons. The summed E-state index contributed by atoms with van der Waals surface area (Å²) in [5.41, 5.74) is 2.29. The third kappa shape index (κ3) is 4.01. The lowest BCUT2D eigenvalue weighted by Crippen LogP contribution is -1.84. The number of aliphatic hydroxyl groups is 1. The van der Waals surface area contributed by atoms with E-state index in [4.69, 9.17) is 5.11 Å². The van der Waals surface area contributed by atoms with Crippen molar-refractivity contribution in [2.24, 2.45) is 0 Å². The maximum atomic E-state index is 9.07. The summed E-state index contributed by atoms with van der Waals surface area (Å²) in [6.07, 6.45) is 0. The Labute approximate surface area is 119 Å². The van der Waals surface area contributed by atoms with E-state index in [-0.39, 0.29) is 6.61 Å².